The molecule has 1 atom stereocenters. The molecule has 0 aromatic heterocycles. The molecule has 128 valence electrons. The third-order valence-electron chi connectivity index (χ3n) is 3.91. The van der Waals surface area contributed by atoms with Gasteiger partial charge >= 0.3 is 12.0 Å². The van der Waals surface area contributed by atoms with Crippen molar-refractivity contribution in [3.63, 3.8) is 0 Å². The van der Waals surface area contributed by atoms with E-state index in [4.69, 9.17) is 9.47 Å². The summed E-state index contributed by atoms with van der Waals surface area (Å²) in [5, 5.41) is 4.76. The maximum absolute atomic E-state index is 11.6. The van der Waals surface area contributed by atoms with Crippen molar-refractivity contribution in [1.82, 2.24) is 10.6 Å². The lowest BCUT2D eigenvalue weighted by atomic mass is 9.97. The number of esters is 1. The Bertz CT molecular complexity index is 469. The smallest absolute Gasteiger partial charge is 0.335 e. The van der Waals surface area contributed by atoms with Crippen molar-refractivity contribution in [3.8, 4) is 0 Å². The SMILES string of the molecule is O=C(COC(=O)[C@H]1CCCO1)NC(=O)NCCC1=CCCCC1. The Morgan fingerprint density at radius 1 is 1.26 bits per heavy atom. The summed E-state index contributed by atoms with van der Waals surface area (Å²) in [4.78, 5) is 34.7. The first-order valence-electron chi connectivity index (χ1n) is 8.19. The molecule has 3 amide bonds. The van der Waals surface area contributed by atoms with Crippen molar-refractivity contribution in [1.29, 1.82) is 0 Å². The van der Waals surface area contributed by atoms with Gasteiger partial charge in [-0.1, -0.05) is 11.6 Å². The van der Waals surface area contributed by atoms with Crippen LogP contribution in [0.5, 0.6) is 0 Å². The number of amides is 3. The topological polar surface area (TPSA) is 93.7 Å². The van der Waals surface area contributed by atoms with Crippen LogP contribution in [0.15, 0.2) is 11.6 Å². The van der Waals surface area contributed by atoms with Crippen molar-refractivity contribution >= 4 is 17.9 Å². The highest BCUT2D eigenvalue weighted by Gasteiger charge is 2.25. The molecule has 0 saturated carbocycles. The fraction of sp³-hybridized carbons (Fsp3) is 0.688. The number of ether oxygens (including phenoxy) is 2. The summed E-state index contributed by atoms with van der Waals surface area (Å²) in [6, 6.07) is -0.570. The molecule has 7 nitrogen and oxygen atoms in total. The Labute approximate surface area is 135 Å². The van der Waals surface area contributed by atoms with Crippen LogP contribution in [0, 0.1) is 0 Å². The van der Waals surface area contributed by atoms with E-state index in [0.717, 1.165) is 25.7 Å². The van der Waals surface area contributed by atoms with Crippen LogP contribution in [0.3, 0.4) is 0 Å². The first-order chi connectivity index (χ1) is 11.1. The molecule has 0 unspecified atom stereocenters. The third kappa shape index (κ3) is 6.40. The molecule has 1 saturated heterocycles. The number of nitrogens with one attached hydrogen (secondary N) is 2. The summed E-state index contributed by atoms with van der Waals surface area (Å²) in [6.07, 6.45) is 8.48. The van der Waals surface area contributed by atoms with E-state index in [1.165, 1.54) is 18.4 Å². The van der Waals surface area contributed by atoms with Gasteiger partial charge in [0.1, 0.15) is 0 Å². The highest BCUT2D eigenvalue weighted by atomic mass is 16.6. The summed E-state index contributed by atoms with van der Waals surface area (Å²) in [5.41, 5.74) is 1.35. The lowest BCUT2D eigenvalue weighted by Crippen LogP contribution is -2.42. The molecule has 0 aromatic rings. The summed E-state index contributed by atoms with van der Waals surface area (Å²) in [6.45, 7) is 0.544. The van der Waals surface area contributed by atoms with Crippen LogP contribution < -0.4 is 10.6 Å². The first kappa shape index (κ1) is 17.5. The Kier molecular flexibility index (Phi) is 7.06. The molecule has 1 heterocycles. The molecule has 1 aliphatic heterocycles. The van der Waals surface area contributed by atoms with Gasteiger partial charge in [0.2, 0.25) is 0 Å². The molecule has 2 rings (SSSR count). The summed E-state index contributed by atoms with van der Waals surface area (Å²) < 4.78 is 9.97. The number of imide groups is 1. The molecule has 23 heavy (non-hydrogen) atoms. The Hall–Kier alpha value is -1.89. The molecule has 0 aromatic carbocycles. The number of carbonyl (C=O) groups excluding carboxylic acids is 3. The predicted molar refractivity (Wildman–Crippen MR) is 82.6 cm³/mol. The molecule has 7 heteroatoms. The lowest BCUT2D eigenvalue weighted by Gasteiger charge is -2.13. The number of urea groups is 1. The second-order valence-electron chi connectivity index (χ2n) is 5.77. The summed E-state index contributed by atoms with van der Waals surface area (Å²) >= 11 is 0. The van der Waals surface area contributed by atoms with Crippen LogP contribution in [-0.4, -0.2) is 43.8 Å². The molecule has 0 spiro atoms. The second-order valence-corrected chi connectivity index (χ2v) is 5.77. The molecule has 0 bridgehead atoms. The summed E-state index contributed by atoms with van der Waals surface area (Å²) in [7, 11) is 0. The van der Waals surface area contributed by atoms with E-state index >= 15 is 0 Å². The van der Waals surface area contributed by atoms with Crippen LogP contribution in [0.2, 0.25) is 0 Å². The standard InChI is InChI=1S/C16H24N2O5/c19-14(11-23-15(20)13-7-4-10-22-13)18-16(21)17-9-8-12-5-2-1-3-6-12/h5,13H,1-4,6-11H2,(H2,17,18,19,21)/t13-/m1/s1. The van der Waals surface area contributed by atoms with Gasteiger partial charge in [0.05, 0.1) is 0 Å². The predicted octanol–water partition coefficient (Wildman–Crippen LogP) is 1.42. The first-order valence-corrected chi connectivity index (χ1v) is 8.19. The van der Waals surface area contributed by atoms with Crippen molar-refractivity contribution < 1.29 is 23.9 Å². The van der Waals surface area contributed by atoms with Gasteiger partial charge in [-0.25, -0.2) is 9.59 Å². The van der Waals surface area contributed by atoms with Gasteiger partial charge in [-0.3, -0.25) is 10.1 Å². The van der Waals surface area contributed by atoms with Gasteiger partial charge in [0.15, 0.2) is 12.7 Å². The minimum absolute atomic E-state index is 0.475. The fourth-order valence-corrected chi connectivity index (χ4v) is 2.67. The molecule has 1 aliphatic carbocycles. The van der Waals surface area contributed by atoms with Crippen molar-refractivity contribution in [2.75, 3.05) is 19.8 Å². The number of rotatable bonds is 6. The van der Waals surface area contributed by atoms with E-state index in [9.17, 15) is 14.4 Å². The number of hydrogen-bond donors (Lipinski definition) is 2. The number of hydrogen-bond acceptors (Lipinski definition) is 5. The van der Waals surface area contributed by atoms with Crippen molar-refractivity contribution in [2.24, 2.45) is 0 Å². The molecular weight excluding hydrogens is 300 g/mol. The number of carbonyl (C=O) groups is 3. The minimum atomic E-state index is -0.647. The van der Waals surface area contributed by atoms with Crippen LogP contribution >= 0.6 is 0 Å². The van der Waals surface area contributed by atoms with Gasteiger partial charge in [-0.05, 0) is 44.9 Å². The van der Waals surface area contributed by atoms with Crippen molar-refractivity contribution in [3.05, 3.63) is 11.6 Å². The van der Waals surface area contributed by atoms with E-state index in [-0.39, 0.29) is 0 Å². The average molecular weight is 324 g/mol. The number of allylic oxidation sites excluding steroid dienone is 1. The third-order valence-corrected chi connectivity index (χ3v) is 3.91. The van der Waals surface area contributed by atoms with Crippen LogP contribution in [0.1, 0.15) is 44.9 Å². The van der Waals surface area contributed by atoms with Crippen LogP contribution in [0.25, 0.3) is 0 Å². The Balaban J connectivity index is 1.56. The van der Waals surface area contributed by atoms with E-state index in [2.05, 4.69) is 16.7 Å². The molecule has 2 N–H and O–H groups in total. The fourth-order valence-electron chi connectivity index (χ4n) is 2.67. The van der Waals surface area contributed by atoms with Gasteiger partial charge in [-0.15, -0.1) is 0 Å². The van der Waals surface area contributed by atoms with E-state index < -0.39 is 30.6 Å². The minimum Gasteiger partial charge on any atom is -0.454 e. The summed E-state index contributed by atoms with van der Waals surface area (Å²) in [5.74, 6) is -1.20. The molecular formula is C16H24N2O5. The van der Waals surface area contributed by atoms with Crippen molar-refractivity contribution in [2.45, 2.75) is 51.0 Å². The van der Waals surface area contributed by atoms with E-state index in [0.29, 0.717) is 19.6 Å². The van der Waals surface area contributed by atoms with Gasteiger partial charge in [0.25, 0.3) is 5.91 Å². The zero-order chi connectivity index (χ0) is 16.5. The Morgan fingerprint density at radius 3 is 2.83 bits per heavy atom. The van der Waals surface area contributed by atoms with Gasteiger partial charge in [0, 0.05) is 13.2 Å². The van der Waals surface area contributed by atoms with E-state index in [1.54, 1.807) is 0 Å². The Morgan fingerprint density at radius 2 is 2.13 bits per heavy atom. The monoisotopic (exact) mass is 324 g/mol. The van der Waals surface area contributed by atoms with Crippen LogP contribution in [0.4, 0.5) is 4.79 Å². The maximum Gasteiger partial charge on any atom is 0.335 e. The normalized spacial score (nSPS) is 20.5. The maximum atomic E-state index is 11.6. The average Bonchev–Trinajstić information content (AvgIpc) is 3.08. The molecule has 1 fully saturated rings. The molecule has 0 radical (unpaired) electrons. The zero-order valence-corrected chi connectivity index (χ0v) is 13.3. The second kappa shape index (κ2) is 9.29. The quantitative estimate of drug-likeness (QED) is 0.569. The van der Waals surface area contributed by atoms with Gasteiger partial charge < -0.3 is 14.8 Å². The zero-order valence-electron chi connectivity index (χ0n) is 13.3. The largest absolute Gasteiger partial charge is 0.454 e. The highest BCUT2D eigenvalue weighted by Crippen LogP contribution is 2.19. The van der Waals surface area contributed by atoms with E-state index in [1.807, 2.05) is 0 Å². The lowest BCUT2D eigenvalue weighted by molar-refractivity contribution is -0.157. The molecule has 2 aliphatic rings. The van der Waals surface area contributed by atoms with Gasteiger partial charge in [-0.2, -0.15) is 0 Å². The highest BCUT2D eigenvalue weighted by molar-refractivity contribution is 5.95. The van der Waals surface area contributed by atoms with Crippen LogP contribution in [-0.2, 0) is 19.1 Å².